The Balaban J connectivity index is 2.35. The number of rotatable bonds is 2. The molecule has 62 valence electrons. The number of hydrogen-bond donors (Lipinski definition) is 0. The van der Waals surface area contributed by atoms with Gasteiger partial charge >= 0.3 is 0 Å². The van der Waals surface area contributed by atoms with Gasteiger partial charge in [-0.3, -0.25) is 0 Å². The Kier molecular flexibility index (Phi) is 1.96. The Bertz CT molecular complexity index is 350. The van der Waals surface area contributed by atoms with E-state index in [1.807, 2.05) is 24.4 Å². The van der Waals surface area contributed by atoms with Gasteiger partial charge in [0, 0.05) is 6.42 Å². The highest BCUT2D eigenvalue weighted by Crippen LogP contribution is 2.24. The molecule has 2 nitrogen and oxygen atoms in total. The summed E-state index contributed by atoms with van der Waals surface area (Å²) < 4.78 is 5.48. The van der Waals surface area contributed by atoms with Crippen molar-refractivity contribution in [2.45, 2.75) is 13.3 Å². The second kappa shape index (κ2) is 3.11. The Labute approximate surface area is 74.9 Å². The summed E-state index contributed by atoms with van der Waals surface area (Å²) in [5.41, 5.74) is 0. The van der Waals surface area contributed by atoms with Crippen molar-refractivity contribution in [1.82, 2.24) is 4.98 Å². The van der Waals surface area contributed by atoms with E-state index < -0.39 is 0 Å². The first-order valence-electron chi connectivity index (χ1n) is 3.88. The highest BCUT2D eigenvalue weighted by atomic mass is 32.1. The molecule has 0 aliphatic rings. The molecule has 0 atom stereocenters. The van der Waals surface area contributed by atoms with Gasteiger partial charge < -0.3 is 4.42 Å². The molecule has 0 radical (unpaired) electrons. The maximum Gasteiger partial charge on any atom is 0.194 e. The minimum atomic E-state index is 0.804. The molecule has 0 saturated heterocycles. The minimum absolute atomic E-state index is 0.804. The Morgan fingerprint density at radius 3 is 3.08 bits per heavy atom. The lowest BCUT2D eigenvalue weighted by molar-refractivity contribution is 0.515. The zero-order valence-electron chi connectivity index (χ0n) is 6.78. The molecule has 0 fully saturated rings. The van der Waals surface area contributed by atoms with Gasteiger partial charge in [-0.05, 0) is 11.4 Å². The van der Waals surface area contributed by atoms with Crippen molar-refractivity contribution in [3.05, 3.63) is 29.6 Å². The first-order chi connectivity index (χ1) is 5.90. The second-order valence-electron chi connectivity index (χ2n) is 2.45. The smallest absolute Gasteiger partial charge is 0.194 e. The van der Waals surface area contributed by atoms with Crippen molar-refractivity contribution in [2.75, 3.05) is 0 Å². The van der Waals surface area contributed by atoms with E-state index in [0.29, 0.717) is 0 Å². The molecule has 0 N–H and O–H groups in total. The van der Waals surface area contributed by atoms with Crippen molar-refractivity contribution in [1.29, 1.82) is 0 Å². The molecular formula is C9H9NOS. The van der Waals surface area contributed by atoms with Crippen LogP contribution >= 0.6 is 11.3 Å². The first-order valence-corrected chi connectivity index (χ1v) is 4.76. The van der Waals surface area contributed by atoms with Gasteiger partial charge in [-0.25, -0.2) is 4.98 Å². The van der Waals surface area contributed by atoms with Crippen molar-refractivity contribution < 1.29 is 4.42 Å². The number of aromatic nitrogens is 1. The maximum absolute atomic E-state index is 5.48. The zero-order chi connectivity index (χ0) is 8.39. The summed E-state index contributed by atoms with van der Waals surface area (Å²) in [6, 6.07) is 4.04. The van der Waals surface area contributed by atoms with Gasteiger partial charge in [0.1, 0.15) is 0 Å². The summed E-state index contributed by atoms with van der Waals surface area (Å²) in [5.74, 6) is 1.68. The summed E-state index contributed by atoms with van der Waals surface area (Å²) in [4.78, 5) is 5.27. The Morgan fingerprint density at radius 2 is 2.50 bits per heavy atom. The standard InChI is InChI=1S/C9H9NOS/c1-2-9-10-6-7(11-9)8-4-3-5-12-8/h3-6H,2H2,1H3. The van der Waals surface area contributed by atoms with Gasteiger partial charge in [-0.2, -0.15) is 0 Å². The van der Waals surface area contributed by atoms with Crippen molar-refractivity contribution in [3.8, 4) is 10.6 Å². The van der Waals surface area contributed by atoms with Crippen LogP contribution in [0.2, 0.25) is 0 Å². The number of thiophene rings is 1. The quantitative estimate of drug-likeness (QED) is 0.708. The van der Waals surface area contributed by atoms with Gasteiger partial charge in [-0.15, -0.1) is 11.3 Å². The molecule has 3 heteroatoms. The van der Waals surface area contributed by atoms with Crippen LogP contribution in [0.4, 0.5) is 0 Å². The van der Waals surface area contributed by atoms with Crippen LogP contribution in [0.3, 0.4) is 0 Å². The minimum Gasteiger partial charge on any atom is -0.440 e. The van der Waals surface area contributed by atoms with Gasteiger partial charge in [0.2, 0.25) is 0 Å². The molecule has 0 spiro atoms. The van der Waals surface area contributed by atoms with Crippen LogP contribution in [0.5, 0.6) is 0 Å². The molecule has 0 amide bonds. The summed E-state index contributed by atoms with van der Waals surface area (Å²) in [7, 11) is 0. The predicted molar refractivity (Wildman–Crippen MR) is 49.2 cm³/mol. The fourth-order valence-corrected chi connectivity index (χ4v) is 1.68. The highest BCUT2D eigenvalue weighted by molar-refractivity contribution is 7.13. The van der Waals surface area contributed by atoms with E-state index in [1.165, 1.54) is 0 Å². The van der Waals surface area contributed by atoms with E-state index in [0.717, 1.165) is 22.9 Å². The molecule has 0 aromatic carbocycles. The average molecular weight is 179 g/mol. The topological polar surface area (TPSA) is 26.0 Å². The lowest BCUT2D eigenvalue weighted by Gasteiger charge is -1.87. The molecule has 2 rings (SSSR count). The van der Waals surface area contributed by atoms with Crippen LogP contribution < -0.4 is 0 Å². The monoisotopic (exact) mass is 179 g/mol. The van der Waals surface area contributed by atoms with Crippen molar-refractivity contribution >= 4 is 11.3 Å². The fourth-order valence-electron chi connectivity index (χ4n) is 1.01. The molecule has 0 unspecified atom stereocenters. The van der Waals surface area contributed by atoms with Crippen LogP contribution in [-0.4, -0.2) is 4.98 Å². The van der Waals surface area contributed by atoms with Crippen LogP contribution in [0, 0.1) is 0 Å². The molecule has 12 heavy (non-hydrogen) atoms. The fraction of sp³-hybridized carbons (Fsp3) is 0.222. The van der Waals surface area contributed by atoms with Crippen LogP contribution in [0.25, 0.3) is 10.6 Å². The Hall–Kier alpha value is -1.09. The lowest BCUT2D eigenvalue weighted by atomic mass is 10.4. The Morgan fingerprint density at radius 1 is 1.58 bits per heavy atom. The van der Waals surface area contributed by atoms with Crippen LogP contribution in [-0.2, 0) is 6.42 Å². The lowest BCUT2D eigenvalue weighted by Crippen LogP contribution is -1.73. The number of nitrogens with zero attached hydrogens (tertiary/aromatic N) is 1. The molecule has 2 aromatic heterocycles. The first kappa shape index (κ1) is 7.55. The second-order valence-corrected chi connectivity index (χ2v) is 3.40. The molecule has 2 aromatic rings. The van der Waals surface area contributed by atoms with E-state index in [9.17, 15) is 0 Å². The normalized spacial score (nSPS) is 10.4. The van der Waals surface area contributed by atoms with E-state index in [1.54, 1.807) is 17.5 Å². The third kappa shape index (κ3) is 1.28. The maximum atomic E-state index is 5.48. The number of aryl methyl sites for hydroxylation is 1. The summed E-state index contributed by atoms with van der Waals surface area (Å²) in [6.45, 7) is 2.03. The number of oxazole rings is 1. The molecule has 2 heterocycles. The molecular weight excluding hydrogens is 170 g/mol. The van der Waals surface area contributed by atoms with Gasteiger partial charge in [-0.1, -0.05) is 13.0 Å². The predicted octanol–water partition coefficient (Wildman–Crippen LogP) is 2.97. The van der Waals surface area contributed by atoms with Crippen molar-refractivity contribution in [3.63, 3.8) is 0 Å². The van der Waals surface area contributed by atoms with E-state index in [-0.39, 0.29) is 0 Å². The average Bonchev–Trinajstić information content (AvgIpc) is 2.75. The molecule has 0 aliphatic heterocycles. The van der Waals surface area contributed by atoms with Gasteiger partial charge in [0.05, 0.1) is 11.1 Å². The highest BCUT2D eigenvalue weighted by Gasteiger charge is 2.04. The van der Waals surface area contributed by atoms with Gasteiger partial charge in [0.15, 0.2) is 11.7 Å². The van der Waals surface area contributed by atoms with Gasteiger partial charge in [0.25, 0.3) is 0 Å². The zero-order valence-corrected chi connectivity index (χ0v) is 7.60. The third-order valence-electron chi connectivity index (χ3n) is 1.62. The van der Waals surface area contributed by atoms with Crippen molar-refractivity contribution in [2.24, 2.45) is 0 Å². The summed E-state index contributed by atoms with van der Waals surface area (Å²) in [6.07, 6.45) is 2.63. The van der Waals surface area contributed by atoms with E-state index >= 15 is 0 Å². The molecule has 0 bridgehead atoms. The third-order valence-corrected chi connectivity index (χ3v) is 2.50. The van der Waals surface area contributed by atoms with Crippen LogP contribution in [0.15, 0.2) is 28.1 Å². The largest absolute Gasteiger partial charge is 0.440 e. The molecule has 0 aliphatic carbocycles. The van der Waals surface area contributed by atoms with E-state index in [2.05, 4.69) is 4.98 Å². The van der Waals surface area contributed by atoms with E-state index in [4.69, 9.17) is 4.42 Å². The number of hydrogen-bond acceptors (Lipinski definition) is 3. The molecule has 0 saturated carbocycles. The SMILES string of the molecule is CCc1ncc(-c2cccs2)o1. The summed E-state index contributed by atoms with van der Waals surface area (Å²) in [5, 5.41) is 2.03. The van der Waals surface area contributed by atoms with Crippen LogP contribution in [0.1, 0.15) is 12.8 Å². The summed E-state index contributed by atoms with van der Waals surface area (Å²) >= 11 is 1.67.